The maximum atomic E-state index is 5.17. The van der Waals surface area contributed by atoms with Crippen LogP contribution >= 0.6 is 0 Å². The van der Waals surface area contributed by atoms with Gasteiger partial charge in [-0.05, 0) is 63.7 Å². The van der Waals surface area contributed by atoms with E-state index in [0.29, 0.717) is 34.9 Å². The first-order valence-corrected chi connectivity index (χ1v) is 21.8. The van der Waals surface area contributed by atoms with Crippen molar-refractivity contribution < 1.29 is 0 Å². The fourth-order valence-electron chi connectivity index (χ4n) is 8.20. The lowest BCUT2D eigenvalue weighted by atomic mass is 9.89. The van der Waals surface area contributed by atoms with E-state index in [1.54, 1.807) is 0 Å². The van der Waals surface area contributed by atoms with Crippen molar-refractivity contribution in [3.63, 3.8) is 0 Å². The topological polar surface area (TPSA) is 90.2 Å². The van der Waals surface area contributed by atoms with Crippen LogP contribution in [0, 0.1) is 0 Å². The molecule has 0 radical (unpaired) electrons. The van der Waals surface area contributed by atoms with Gasteiger partial charge in [0.1, 0.15) is 0 Å². The van der Waals surface area contributed by atoms with E-state index in [2.05, 4.69) is 109 Å². The largest absolute Gasteiger partial charge is 0.256 e. The zero-order valence-corrected chi connectivity index (χ0v) is 35.6. The molecule has 11 rings (SSSR count). The fourth-order valence-corrected chi connectivity index (χ4v) is 8.20. The van der Waals surface area contributed by atoms with E-state index >= 15 is 0 Å². The van der Waals surface area contributed by atoms with E-state index in [4.69, 9.17) is 34.9 Å². The molecular formula is C59H39N7. The third-order valence-electron chi connectivity index (χ3n) is 11.5. The van der Waals surface area contributed by atoms with Crippen molar-refractivity contribution in [2.75, 3.05) is 0 Å². The lowest BCUT2D eigenvalue weighted by molar-refractivity contribution is 1.07. The van der Waals surface area contributed by atoms with Crippen molar-refractivity contribution in [2.45, 2.75) is 0 Å². The van der Waals surface area contributed by atoms with Crippen LogP contribution in [0.5, 0.6) is 0 Å². The van der Waals surface area contributed by atoms with Crippen LogP contribution in [0.1, 0.15) is 0 Å². The van der Waals surface area contributed by atoms with Crippen LogP contribution in [-0.2, 0) is 0 Å². The van der Waals surface area contributed by atoms with Crippen molar-refractivity contribution in [2.24, 2.45) is 0 Å². The molecule has 0 fully saturated rings. The average molecular weight is 846 g/mol. The normalized spacial score (nSPS) is 11.0. The van der Waals surface area contributed by atoms with Crippen LogP contribution in [0.3, 0.4) is 0 Å². The van der Waals surface area contributed by atoms with Crippen LogP contribution in [0.2, 0.25) is 0 Å². The van der Waals surface area contributed by atoms with E-state index in [1.165, 1.54) is 0 Å². The van der Waals surface area contributed by atoms with Crippen LogP contribution in [0.15, 0.2) is 237 Å². The summed E-state index contributed by atoms with van der Waals surface area (Å²) in [4.78, 5) is 35.4. The highest BCUT2D eigenvalue weighted by atomic mass is 15.0. The summed E-state index contributed by atoms with van der Waals surface area (Å²) in [7, 11) is 0. The Morgan fingerprint density at radius 2 is 0.606 bits per heavy atom. The Morgan fingerprint density at radius 3 is 1.14 bits per heavy atom. The van der Waals surface area contributed by atoms with Crippen molar-refractivity contribution in [3.8, 4) is 113 Å². The Morgan fingerprint density at radius 1 is 0.197 bits per heavy atom. The summed E-state index contributed by atoms with van der Waals surface area (Å²) < 4.78 is 0. The summed E-state index contributed by atoms with van der Waals surface area (Å²) >= 11 is 0. The maximum absolute atomic E-state index is 5.17. The quantitative estimate of drug-likeness (QED) is 0.135. The molecule has 8 aromatic carbocycles. The summed E-state index contributed by atoms with van der Waals surface area (Å²) in [6, 6.07) is 78.2. The maximum Gasteiger partial charge on any atom is 0.164 e. The highest BCUT2D eigenvalue weighted by Crippen LogP contribution is 2.41. The Balaban J connectivity index is 1.08. The molecule has 66 heavy (non-hydrogen) atoms. The van der Waals surface area contributed by atoms with Gasteiger partial charge in [-0.3, -0.25) is 4.98 Å². The monoisotopic (exact) mass is 845 g/mol. The summed E-state index contributed by atoms with van der Waals surface area (Å²) in [5.74, 6) is 3.54. The second kappa shape index (κ2) is 18.0. The molecule has 3 heterocycles. The Bertz CT molecular complexity index is 3400. The molecule has 0 atom stereocenters. The Hall–Kier alpha value is -9.07. The van der Waals surface area contributed by atoms with Crippen molar-refractivity contribution in [1.29, 1.82) is 0 Å². The van der Waals surface area contributed by atoms with E-state index in [0.717, 1.165) is 78.0 Å². The lowest BCUT2D eigenvalue weighted by Gasteiger charge is -2.17. The number of benzene rings is 8. The van der Waals surface area contributed by atoms with Gasteiger partial charge in [0.25, 0.3) is 0 Å². The minimum absolute atomic E-state index is 0.573. The van der Waals surface area contributed by atoms with E-state index in [1.807, 2.05) is 128 Å². The number of rotatable bonds is 10. The van der Waals surface area contributed by atoms with Gasteiger partial charge in [-0.2, -0.15) is 0 Å². The summed E-state index contributed by atoms with van der Waals surface area (Å²) in [5, 5.41) is 0. The van der Waals surface area contributed by atoms with Gasteiger partial charge < -0.3 is 0 Å². The number of aromatic nitrogens is 7. The molecule has 0 saturated carbocycles. The van der Waals surface area contributed by atoms with Gasteiger partial charge >= 0.3 is 0 Å². The Kier molecular flexibility index (Phi) is 10.8. The first kappa shape index (κ1) is 39.8. The molecule has 0 unspecified atom stereocenters. The minimum Gasteiger partial charge on any atom is -0.256 e. The molecule has 0 saturated heterocycles. The summed E-state index contributed by atoms with van der Waals surface area (Å²) in [6.07, 6.45) is 1.83. The van der Waals surface area contributed by atoms with Crippen LogP contribution < -0.4 is 0 Å². The Labute approximate surface area is 383 Å². The number of hydrogen-bond donors (Lipinski definition) is 0. The number of hydrogen-bond acceptors (Lipinski definition) is 7. The molecule has 0 aliphatic carbocycles. The standard InChI is InChI=1S/C59H39N7/c1-5-19-40(20-6-1)44-27-17-29-47(37-44)57-62-54(41-21-7-2-8-22-41)63-58(64-57)48-30-18-28-45(38-48)49-35-34-46(53-33-15-16-36-60-53)39-52(49)50-31-13-14-32-51(50)59-65-55(42-23-9-3-10-24-42)61-56(66-59)43-25-11-4-12-26-43/h1-39H. The SMILES string of the molecule is c1ccc(-c2cccc(-c3nc(-c4ccccc4)nc(-c4cccc(-c5ccc(-c6ccccn6)cc5-c5ccccc5-c5nc(-c6ccccc6)nc(-c6ccccc6)n5)c4)n3)c2)cc1. The predicted molar refractivity (Wildman–Crippen MR) is 265 cm³/mol. The number of pyridine rings is 1. The van der Waals surface area contributed by atoms with Gasteiger partial charge in [0, 0.05) is 45.1 Å². The first-order valence-electron chi connectivity index (χ1n) is 21.8. The lowest BCUT2D eigenvalue weighted by Crippen LogP contribution is -2.01. The third-order valence-corrected chi connectivity index (χ3v) is 11.5. The first-order chi connectivity index (χ1) is 32.7. The zero-order valence-electron chi connectivity index (χ0n) is 35.6. The van der Waals surface area contributed by atoms with Gasteiger partial charge in [-0.1, -0.05) is 200 Å². The summed E-state index contributed by atoms with van der Waals surface area (Å²) in [5.41, 5.74) is 13.4. The van der Waals surface area contributed by atoms with Crippen molar-refractivity contribution in [1.82, 2.24) is 34.9 Å². The molecular weight excluding hydrogens is 807 g/mol. The summed E-state index contributed by atoms with van der Waals surface area (Å²) in [6.45, 7) is 0. The van der Waals surface area contributed by atoms with Crippen LogP contribution in [0.25, 0.3) is 113 Å². The average Bonchev–Trinajstić information content (AvgIpc) is 3.42. The molecule has 11 aromatic rings. The fraction of sp³-hybridized carbons (Fsp3) is 0. The molecule has 3 aromatic heterocycles. The molecule has 310 valence electrons. The second-order valence-electron chi connectivity index (χ2n) is 15.8. The van der Waals surface area contributed by atoms with Crippen LogP contribution in [-0.4, -0.2) is 34.9 Å². The third kappa shape index (κ3) is 8.28. The second-order valence-corrected chi connectivity index (χ2v) is 15.8. The van der Waals surface area contributed by atoms with Crippen molar-refractivity contribution in [3.05, 3.63) is 237 Å². The molecule has 7 heteroatoms. The molecule has 0 aliphatic rings. The molecule has 0 aliphatic heterocycles. The van der Waals surface area contributed by atoms with Gasteiger partial charge in [-0.15, -0.1) is 0 Å². The van der Waals surface area contributed by atoms with E-state index < -0.39 is 0 Å². The van der Waals surface area contributed by atoms with Crippen molar-refractivity contribution >= 4 is 0 Å². The smallest absolute Gasteiger partial charge is 0.164 e. The van der Waals surface area contributed by atoms with E-state index in [-0.39, 0.29) is 0 Å². The predicted octanol–water partition coefficient (Wildman–Crippen LogP) is 14.1. The van der Waals surface area contributed by atoms with Crippen LogP contribution in [0.4, 0.5) is 0 Å². The highest BCUT2D eigenvalue weighted by molar-refractivity contribution is 5.93. The number of nitrogens with zero attached hydrogens (tertiary/aromatic N) is 7. The van der Waals surface area contributed by atoms with Gasteiger partial charge in [0.2, 0.25) is 0 Å². The highest BCUT2D eigenvalue weighted by Gasteiger charge is 2.20. The van der Waals surface area contributed by atoms with Gasteiger partial charge in [-0.25, -0.2) is 29.9 Å². The molecule has 0 amide bonds. The van der Waals surface area contributed by atoms with Gasteiger partial charge in [0.05, 0.1) is 5.69 Å². The molecule has 0 spiro atoms. The van der Waals surface area contributed by atoms with E-state index in [9.17, 15) is 0 Å². The zero-order chi connectivity index (χ0) is 44.1. The van der Waals surface area contributed by atoms with Gasteiger partial charge in [0.15, 0.2) is 34.9 Å². The molecule has 0 N–H and O–H groups in total. The minimum atomic E-state index is 0.573. The molecule has 0 bridgehead atoms. The molecule has 7 nitrogen and oxygen atoms in total.